The fraction of sp³-hybridized carbons (Fsp3) is 0.667. The van der Waals surface area contributed by atoms with Crippen LogP contribution in [-0.2, 0) is 6.54 Å². The van der Waals surface area contributed by atoms with E-state index in [9.17, 15) is 5.11 Å². The number of halogens is 1. The Morgan fingerprint density at radius 3 is 3.06 bits per heavy atom. The Morgan fingerprint density at radius 1 is 1.50 bits per heavy atom. The predicted octanol–water partition coefficient (Wildman–Crippen LogP) is 3.15. The molecule has 0 bridgehead atoms. The van der Waals surface area contributed by atoms with E-state index in [1.165, 1.54) is 22.2 Å². The molecule has 0 aliphatic heterocycles. The normalized spacial score (nSPS) is 25.9. The summed E-state index contributed by atoms with van der Waals surface area (Å²) in [5.74, 6) is 0.655. The van der Waals surface area contributed by atoms with Crippen LogP contribution in [0, 0.1) is 5.92 Å². The smallest absolute Gasteiger partial charge is 0.0543 e. The number of rotatable bonds is 4. The first-order chi connectivity index (χ1) is 7.75. The van der Waals surface area contributed by atoms with Crippen LogP contribution in [0.2, 0.25) is 0 Å². The largest absolute Gasteiger partial charge is 0.393 e. The van der Waals surface area contributed by atoms with Gasteiger partial charge in [-0.05, 0) is 59.1 Å². The summed E-state index contributed by atoms with van der Waals surface area (Å²) in [5.41, 5.74) is 0. The summed E-state index contributed by atoms with van der Waals surface area (Å²) in [6, 6.07) is 2.09. The molecule has 0 spiro atoms. The Morgan fingerprint density at radius 2 is 2.38 bits per heavy atom. The van der Waals surface area contributed by atoms with E-state index in [-0.39, 0.29) is 6.10 Å². The molecule has 2 atom stereocenters. The van der Waals surface area contributed by atoms with Gasteiger partial charge in [-0.2, -0.15) is 0 Å². The molecule has 1 aromatic heterocycles. The Labute approximate surface area is 109 Å². The van der Waals surface area contributed by atoms with Crippen LogP contribution < -0.4 is 5.32 Å². The van der Waals surface area contributed by atoms with Gasteiger partial charge in [0, 0.05) is 15.9 Å². The fourth-order valence-corrected chi connectivity index (χ4v) is 3.75. The van der Waals surface area contributed by atoms with Gasteiger partial charge in [0.05, 0.1) is 6.10 Å². The molecule has 2 N–H and O–H groups in total. The van der Waals surface area contributed by atoms with Gasteiger partial charge < -0.3 is 10.4 Å². The van der Waals surface area contributed by atoms with Crippen LogP contribution in [0.5, 0.6) is 0 Å². The van der Waals surface area contributed by atoms with Crippen molar-refractivity contribution in [2.45, 2.75) is 38.3 Å². The van der Waals surface area contributed by atoms with E-state index in [4.69, 9.17) is 0 Å². The molecule has 0 amide bonds. The van der Waals surface area contributed by atoms with E-state index in [1.54, 1.807) is 11.3 Å². The maximum absolute atomic E-state index is 9.57. The molecule has 2 nitrogen and oxygen atoms in total. The SMILES string of the molecule is OC1CCCC(CNCc2sccc2Br)C1. The lowest BCUT2D eigenvalue weighted by atomic mass is 9.87. The van der Waals surface area contributed by atoms with Crippen LogP contribution >= 0.6 is 27.3 Å². The predicted molar refractivity (Wildman–Crippen MR) is 71.7 cm³/mol. The zero-order chi connectivity index (χ0) is 11.4. The summed E-state index contributed by atoms with van der Waals surface area (Å²) >= 11 is 5.31. The lowest BCUT2D eigenvalue weighted by molar-refractivity contribution is 0.101. The van der Waals surface area contributed by atoms with Crippen molar-refractivity contribution in [2.24, 2.45) is 5.92 Å². The first-order valence-electron chi connectivity index (χ1n) is 5.86. The van der Waals surface area contributed by atoms with Crippen LogP contribution in [0.4, 0.5) is 0 Å². The molecule has 1 aromatic rings. The third kappa shape index (κ3) is 3.55. The highest BCUT2D eigenvalue weighted by atomic mass is 79.9. The number of aliphatic hydroxyl groups is 1. The molecule has 1 aliphatic rings. The van der Waals surface area contributed by atoms with E-state index in [2.05, 4.69) is 32.7 Å². The Balaban J connectivity index is 1.70. The molecule has 2 unspecified atom stereocenters. The molecule has 2 rings (SSSR count). The van der Waals surface area contributed by atoms with Crippen molar-refractivity contribution in [3.05, 3.63) is 20.8 Å². The van der Waals surface area contributed by atoms with Gasteiger partial charge in [-0.25, -0.2) is 0 Å². The molecule has 0 saturated heterocycles. The zero-order valence-corrected chi connectivity index (χ0v) is 11.7. The van der Waals surface area contributed by atoms with Crippen LogP contribution in [0.1, 0.15) is 30.6 Å². The number of hydrogen-bond donors (Lipinski definition) is 2. The van der Waals surface area contributed by atoms with E-state index < -0.39 is 0 Å². The minimum atomic E-state index is -0.0611. The van der Waals surface area contributed by atoms with Crippen molar-refractivity contribution in [1.29, 1.82) is 0 Å². The van der Waals surface area contributed by atoms with E-state index in [1.807, 2.05) is 0 Å². The Hall–Kier alpha value is 0.100. The highest BCUT2D eigenvalue weighted by molar-refractivity contribution is 9.10. The Bertz CT molecular complexity index is 329. The summed E-state index contributed by atoms with van der Waals surface area (Å²) < 4.78 is 1.20. The second-order valence-electron chi connectivity index (χ2n) is 4.51. The molecule has 1 saturated carbocycles. The number of nitrogens with one attached hydrogen (secondary N) is 1. The summed E-state index contributed by atoms with van der Waals surface area (Å²) in [6.45, 7) is 1.96. The minimum absolute atomic E-state index is 0.0611. The number of thiophene rings is 1. The molecule has 1 heterocycles. The maximum atomic E-state index is 9.57. The third-order valence-corrected chi connectivity index (χ3v) is 5.09. The van der Waals surface area contributed by atoms with E-state index in [0.29, 0.717) is 5.92 Å². The summed E-state index contributed by atoms with van der Waals surface area (Å²) in [6.07, 6.45) is 4.34. The average molecular weight is 304 g/mol. The summed E-state index contributed by atoms with van der Waals surface area (Å²) in [5, 5.41) is 15.2. The summed E-state index contributed by atoms with van der Waals surface area (Å²) in [4.78, 5) is 1.36. The molecule has 0 aromatic carbocycles. The van der Waals surface area contributed by atoms with Crippen molar-refractivity contribution in [1.82, 2.24) is 5.32 Å². The standard InChI is InChI=1S/C12H18BrNOS/c13-11-4-5-16-12(11)8-14-7-9-2-1-3-10(15)6-9/h4-5,9-10,14-15H,1-3,6-8H2. The molecule has 0 radical (unpaired) electrons. The quantitative estimate of drug-likeness (QED) is 0.895. The third-order valence-electron chi connectivity index (χ3n) is 3.16. The zero-order valence-electron chi connectivity index (χ0n) is 9.29. The topological polar surface area (TPSA) is 32.3 Å². The molecule has 4 heteroatoms. The van der Waals surface area contributed by atoms with Crippen LogP contribution in [-0.4, -0.2) is 17.8 Å². The van der Waals surface area contributed by atoms with Crippen molar-refractivity contribution in [3.63, 3.8) is 0 Å². The van der Waals surface area contributed by atoms with Gasteiger partial charge in [0.2, 0.25) is 0 Å². The van der Waals surface area contributed by atoms with Crippen molar-refractivity contribution < 1.29 is 5.11 Å². The Kier molecular flexibility index (Phi) is 4.82. The van der Waals surface area contributed by atoms with Crippen LogP contribution in [0.3, 0.4) is 0 Å². The van der Waals surface area contributed by atoms with Gasteiger partial charge in [0.25, 0.3) is 0 Å². The van der Waals surface area contributed by atoms with Crippen LogP contribution in [0.25, 0.3) is 0 Å². The van der Waals surface area contributed by atoms with Gasteiger partial charge in [0.1, 0.15) is 0 Å². The molecule has 16 heavy (non-hydrogen) atoms. The monoisotopic (exact) mass is 303 g/mol. The molecule has 1 aliphatic carbocycles. The maximum Gasteiger partial charge on any atom is 0.0543 e. The first kappa shape index (κ1) is 12.6. The molecule has 90 valence electrons. The van der Waals surface area contributed by atoms with Gasteiger partial charge in [-0.3, -0.25) is 0 Å². The molecular formula is C12H18BrNOS. The first-order valence-corrected chi connectivity index (χ1v) is 7.53. The highest BCUT2D eigenvalue weighted by Crippen LogP contribution is 2.25. The fourth-order valence-electron chi connectivity index (χ4n) is 2.29. The lowest BCUT2D eigenvalue weighted by Gasteiger charge is -2.25. The number of hydrogen-bond acceptors (Lipinski definition) is 3. The van der Waals surface area contributed by atoms with Crippen molar-refractivity contribution in [2.75, 3.05) is 6.54 Å². The second kappa shape index (κ2) is 6.15. The van der Waals surface area contributed by atoms with Gasteiger partial charge in [0.15, 0.2) is 0 Å². The molecule has 1 fully saturated rings. The number of aliphatic hydroxyl groups excluding tert-OH is 1. The van der Waals surface area contributed by atoms with Gasteiger partial charge in [-0.1, -0.05) is 6.42 Å². The molecular weight excluding hydrogens is 286 g/mol. The average Bonchev–Trinajstić information content (AvgIpc) is 2.65. The van der Waals surface area contributed by atoms with Crippen molar-refractivity contribution in [3.8, 4) is 0 Å². The van der Waals surface area contributed by atoms with Crippen molar-refractivity contribution >= 4 is 27.3 Å². The van der Waals surface area contributed by atoms with Gasteiger partial charge in [-0.15, -0.1) is 11.3 Å². The van der Waals surface area contributed by atoms with E-state index in [0.717, 1.165) is 25.9 Å². The van der Waals surface area contributed by atoms with E-state index >= 15 is 0 Å². The van der Waals surface area contributed by atoms with Crippen LogP contribution in [0.15, 0.2) is 15.9 Å². The van der Waals surface area contributed by atoms with Gasteiger partial charge >= 0.3 is 0 Å². The second-order valence-corrected chi connectivity index (χ2v) is 6.36. The lowest BCUT2D eigenvalue weighted by Crippen LogP contribution is -2.28. The summed E-state index contributed by atoms with van der Waals surface area (Å²) in [7, 11) is 0. The minimum Gasteiger partial charge on any atom is -0.393 e. The highest BCUT2D eigenvalue weighted by Gasteiger charge is 2.19.